The number of H-pyrrole nitrogens is 1. The molecule has 3 heterocycles. The lowest BCUT2D eigenvalue weighted by molar-refractivity contribution is -0.140. The number of aryl methyl sites for hydroxylation is 3. The van der Waals surface area contributed by atoms with Crippen LogP contribution in [-0.4, -0.2) is 49.4 Å². The Hall–Kier alpha value is -4.54. The van der Waals surface area contributed by atoms with Gasteiger partial charge in [0, 0.05) is 55.9 Å². The molecule has 11 nitrogen and oxygen atoms in total. The molecule has 0 bridgehead atoms. The van der Waals surface area contributed by atoms with Crippen LogP contribution in [0.15, 0.2) is 54.0 Å². The Balaban J connectivity index is 1.71. The summed E-state index contributed by atoms with van der Waals surface area (Å²) in [7, 11) is 4.67. The van der Waals surface area contributed by atoms with Gasteiger partial charge in [0.15, 0.2) is 11.5 Å². The molecule has 0 spiro atoms. The Morgan fingerprint density at radius 2 is 2.03 bits per heavy atom. The second kappa shape index (κ2) is 11.7. The lowest BCUT2D eigenvalue weighted by atomic mass is 9.88. The highest BCUT2D eigenvalue weighted by atomic mass is 16.5. The van der Waals surface area contributed by atoms with Crippen LogP contribution in [0.4, 0.5) is 0 Å². The highest BCUT2D eigenvalue weighted by Gasteiger charge is 2.27. The average molecular weight is 522 g/mol. The van der Waals surface area contributed by atoms with Crippen molar-refractivity contribution in [1.82, 2.24) is 24.1 Å². The molecule has 200 valence electrons. The fraction of sp³-hybridized carbons (Fsp3) is 0.333. The van der Waals surface area contributed by atoms with E-state index in [1.807, 2.05) is 17.8 Å². The van der Waals surface area contributed by atoms with E-state index in [1.54, 1.807) is 48.4 Å². The van der Waals surface area contributed by atoms with Gasteiger partial charge in [-0.1, -0.05) is 6.07 Å². The van der Waals surface area contributed by atoms with E-state index in [1.165, 1.54) is 20.3 Å². The lowest BCUT2D eigenvalue weighted by Gasteiger charge is -2.21. The number of carbonyl (C=O) groups is 1. The molecular weight excluding hydrogens is 490 g/mol. The van der Waals surface area contributed by atoms with Crippen LogP contribution in [0.1, 0.15) is 40.7 Å². The van der Waals surface area contributed by atoms with Crippen LogP contribution in [0.25, 0.3) is 0 Å². The molecule has 0 unspecified atom stereocenters. The first kappa shape index (κ1) is 26.5. The number of aromatic amines is 1. The minimum absolute atomic E-state index is 0.106. The second-order valence-electron chi connectivity index (χ2n) is 8.85. The molecule has 1 atom stereocenters. The lowest BCUT2D eigenvalue weighted by Crippen LogP contribution is -2.29. The van der Waals surface area contributed by atoms with E-state index < -0.39 is 11.9 Å². The molecule has 0 fully saturated rings. The number of aromatic hydroxyl groups is 1. The Morgan fingerprint density at radius 3 is 2.68 bits per heavy atom. The Bertz CT molecular complexity index is 1460. The number of benzene rings is 1. The number of pyridine rings is 1. The van der Waals surface area contributed by atoms with Crippen molar-refractivity contribution < 1.29 is 24.1 Å². The van der Waals surface area contributed by atoms with Gasteiger partial charge in [-0.05, 0) is 30.7 Å². The number of carbonyl (C=O) groups excluding carboxylic acids is 1. The molecule has 0 aliphatic heterocycles. The number of nitrogens with zero attached hydrogens (tertiary/aromatic N) is 4. The van der Waals surface area contributed by atoms with Crippen molar-refractivity contribution in [3.8, 4) is 17.2 Å². The smallest absolute Gasteiger partial charge is 0.306 e. The minimum atomic E-state index is -0.786. The van der Waals surface area contributed by atoms with Crippen LogP contribution in [0.3, 0.4) is 0 Å². The van der Waals surface area contributed by atoms with Gasteiger partial charge in [-0.2, -0.15) is 0 Å². The summed E-state index contributed by atoms with van der Waals surface area (Å²) in [6.07, 6.45) is 7.18. The van der Waals surface area contributed by atoms with Gasteiger partial charge in [0.25, 0.3) is 5.56 Å². The fourth-order valence-corrected chi connectivity index (χ4v) is 4.36. The predicted octanol–water partition coefficient (Wildman–Crippen LogP) is 2.84. The number of hydrogen-bond acceptors (Lipinski definition) is 8. The second-order valence-corrected chi connectivity index (χ2v) is 8.85. The summed E-state index contributed by atoms with van der Waals surface area (Å²) >= 11 is 0. The number of esters is 1. The van der Waals surface area contributed by atoms with Crippen LogP contribution in [0.2, 0.25) is 0 Å². The largest absolute Gasteiger partial charge is 0.507 e. The van der Waals surface area contributed by atoms with E-state index in [0.717, 1.165) is 11.5 Å². The Morgan fingerprint density at radius 1 is 1.21 bits per heavy atom. The number of nitrogens with one attached hydrogen (secondary N) is 1. The summed E-state index contributed by atoms with van der Waals surface area (Å²) < 4.78 is 19.8. The van der Waals surface area contributed by atoms with E-state index in [2.05, 4.69) is 15.0 Å². The molecule has 0 amide bonds. The molecule has 38 heavy (non-hydrogen) atoms. The molecule has 0 aliphatic rings. The third-order valence-corrected chi connectivity index (χ3v) is 6.50. The number of imidazole rings is 2. The first-order valence-corrected chi connectivity index (χ1v) is 12.1. The molecule has 2 N–H and O–H groups in total. The number of rotatable bonds is 11. The van der Waals surface area contributed by atoms with Gasteiger partial charge in [0.2, 0.25) is 0 Å². The molecule has 1 aromatic carbocycles. The van der Waals surface area contributed by atoms with Crippen molar-refractivity contribution in [1.29, 1.82) is 0 Å². The number of methoxy groups -OCH3 is 2. The molecule has 3 aromatic heterocycles. The summed E-state index contributed by atoms with van der Waals surface area (Å²) in [6.45, 7) is 2.35. The number of aromatic nitrogens is 5. The van der Waals surface area contributed by atoms with Crippen molar-refractivity contribution in [2.45, 2.75) is 38.8 Å². The maximum atomic E-state index is 13.7. The zero-order valence-corrected chi connectivity index (χ0v) is 21.8. The van der Waals surface area contributed by atoms with Crippen molar-refractivity contribution in [2.75, 3.05) is 14.2 Å². The zero-order chi connectivity index (χ0) is 27.2. The van der Waals surface area contributed by atoms with E-state index >= 15 is 0 Å². The molecule has 0 saturated heterocycles. The average Bonchev–Trinajstić information content (AvgIpc) is 3.58. The molecule has 4 aromatic rings. The molecule has 0 saturated carbocycles. The highest BCUT2D eigenvalue weighted by Crippen LogP contribution is 2.37. The zero-order valence-electron chi connectivity index (χ0n) is 21.8. The van der Waals surface area contributed by atoms with Gasteiger partial charge in [-0.3, -0.25) is 9.59 Å². The Labute approximate surface area is 219 Å². The van der Waals surface area contributed by atoms with E-state index in [4.69, 9.17) is 14.2 Å². The monoisotopic (exact) mass is 521 g/mol. The Kier molecular flexibility index (Phi) is 8.15. The van der Waals surface area contributed by atoms with E-state index in [9.17, 15) is 14.7 Å². The quantitative estimate of drug-likeness (QED) is 0.288. The van der Waals surface area contributed by atoms with Gasteiger partial charge in [-0.25, -0.2) is 9.97 Å². The number of ether oxygens (including phenoxy) is 3. The SMILES string of the molecule is COC(=O)C[C@@H](c1ccc(OCc2nccn2C)c(OC)c1)c1c(O)cc(C)n(CCc2cnc[nH]2)c1=O. The van der Waals surface area contributed by atoms with Crippen LogP contribution in [0, 0.1) is 6.92 Å². The van der Waals surface area contributed by atoms with Crippen molar-refractivity contribution >= 4 is 5.97 Å². The normalized spacial score (nSPS) is 11.8. The predicted molar refractivity (Wildman–Crippen MR) is 138 cm³/mol. The van der Waals surface area contributed by atoms with E-state index in [-0.39, 0.29) is 29.9 Å². The molecule has 0 aliphatic carbocycles. The summed E-state index contributed by atoms with van der Waals surface area (Å²) in [4.78, 5) is 37.4. The molecule has 4 rings (SSSR count). The van der Waals surface area contributed by atoms with Crippen molar-refractivity contribution in [3.63, 3.8) is 0 Å². The van der Waals surface area contributed by atoms with Crippen LogP contribution in [0.5, 0.6) is 17.2 Å². The summed E-state index contributed by atoms with van der Waals surface area (Å²) in [5.41, 5.74) is 1.79. The maximum Gasteiger partial charge on any atom is 0.306 e. The van der Waals surface area contributed by atoms with Crippen molar-refractivity contribution in [3.05, 3.63) is 87.9 Å². The highest BCUT2D eigenvalue weighted by molar-refractivity contribution is 5.71. The van der Waals surface area contributed by atoms with E-state index in [0.29, 0.717) is 35.7 Å². The topological polar surface area (TPSA) is 133 Å². The summed E-state index contributed by atoms with van der Waals surface area (Å²) in [5.74, 6) is 0.131. The van der Waals surface area contributed by atoms with Crippen LogP contribution >= 0.6 is 0 Å². The number of hydrogen-bond donors (Lipinski definition) is 2. The van der Waals surface area contributed by atoms with Gasteiger partial charge in [0.05, 0.1) is 32.5 Å². The minimum Gasteiger partial charge on any atom is -0.507 e. The fourth-order valence-electron chi connectivity index (χ4n) is 4.36. The molecular formula is C27H31N5O6. The summed E-state index contributed by atoms with van der Waals surface area (Å²) in [5, 5.41) is 10.9. The van der Waals surface area contributed by atoms with Crippen molar-refractivity contribution in [2.24, 2.45) is 7.05 Å². The van der Waals surface area contributed by atoms with Gasteiger partial charge in [0.1, 0.15) is 18.2 Å². The standard InChI is InChI=1S/C27H31N5O6/c1-17-11-21(33)26(27(35)32(17)9-7-19-14-28-16-30-19)20(13-25(34)37-4)18-5-6-22(23(12-18)36-3)38-15-24-29-8-10-31(24)2/h5-6,8,10-12,14,16,20,33H,7,9,13,15H2,1-4H3,(H,28,30)/t20-/m0/s1. The molecule has 11 heteroatoms. The maximum absolute atomic E-state index is 13.7. The third-order valence-electron chi connectivity index (χ3n) is 6.50. The third kappa shape index (κ3) is 5.72. The first-order valence-electron chi connectivity index (χ1n) is 12.1. The van der Waals surface area contributed by atoms with Crippen LogP contribution < -0.4 is 15.0 Å². The van der Waals surface area contributed by atoms with Gasteiger partial charge >= 0.3 is 5.97 Å². The first-order chi connectivity index (χ1) is 18.3. The summed E-state index contributed by atoms with van der Waals surface area (Å²) in [6, 6.07) is 6.70. The van der Waals surface area contributed by atoms with Gasteiger partial charge < -0.3 is 33.4 Å². The molecule has 0 radical (unpaired) electrons. The van der Waals surface area contributed by atoms with Crippen LogP contribution in [-0.2, 0) is 36.2 Å². The van der Waals surface area contributed by atoms with Gasteiger partial charge in [-0.15, -0.1) is 0 Å².